The summed E-state index contributed by atoms with van der Waals surface area (Å²) in [6.45, 7) is 8.71. The lowest BCUT2D eigenvalue weighted by Gasteiger charge is -2.05. The van der Waals surface area contributed by atoms with Gasteiger partial charge in [0.05, 0.1) is 46.9 Å². The summed E-state index contributed by atoms with van der Waals surface area (Å²) in [4.78, 5) is 31.0. The first-order valence-electron chi connectivity index (χ1n) is 15.3. The number of rotatable bonds is 13. The van der Waals surface area contributed by atoms with Crippen LogP contribution in [0.4, 0.5) is 0 Å². The van der Waals surface area contributed by atoms with Crippen LogP contribution >= 0.6 is 68.5 Å². The van der Waals surface area contributed by atoms with Crippen molar-refractivity contribution in [2.45, 2.75) is 53.4 Å². The molecule has 0 aliphatic carbocycles. The Morgan fingerprint density at radius 3 is 1.19 bits per heavy atom. The molecule has 6 heterocycles. The Morgan fingerprint density at radius 1 is 0.521 bits per heavy atom. The van der Waals surface area contributed by atoms with Gasteiger partial charge in [-0.05, 0) is 88.8 Å². The SMILES string of the molecule is Cc1sc(Cl)cc1-c1cocc1-c1cc(C(=O)OCCCCCCOC(=O)c2cc(-c3cocc3-c3cc(Cl)sc3C)c(C)s2)sc1C. The van der Waals surface area contributed by atoms with Crippen LogP contribution in [0.2, 0.25) is 8.67 Å². The fourth-order valence-corrected chi connectivity index (χ4v) is 9.85. The molecule has 0 saturated heterocycles. The molecule has 0 saturated carbocycles. The number of ether oxygens (including phenoxy) is 2. The summed E-state index contributed by atoms with van der Waals surface area (Å²) in [6.07, 6.45) is 10.0. The van der Waals surface area contributed by atoms with Gasteiger partial charge in [0, 0.05) is 52.9 Å². The van der Waals surface area contributed by atoms with Gasteiger partial charge in [0.1, 0.15) is 9.75 Å². The van der Waals surface area contributed by atoms with E-state index in [4.69, 9.17) is 41.5 Å². The van der Waals surface area contributed by atoms with Crippen LogP contribution in [0.3, 0.4) is 0 Å². The molecule has 0 fully saturated rings. The van der Waals surface area contributed by atoms with Gasteiger partial charge in [-0.25, -0.2) is 9.59 Å². The van der Waals surface area contributed by atoms with Crippen LogP contribution in [-0.2, 0) is 9.47 Å². The third-order valence-corrected chi connectivity index (χ3v) is 12.4. The highest BCUT2D eigenvalue weighted by Crippen LogP contribution is 2.44. The minimum Gasteiger partial charge on any atom is -0.471 e. The summed E-state index contributed by atoms with van der Waals surface area (Å²) >= 11 is 18.4. The van der Waals surface area contributed by atoms with E-state index >= 15 is 0 Å². The molecule has 12 heteroatoms. The first-order chi connectivity index (χ1) is 23.1. The lowest BCUT2D eigenvalue weighted by atomic mass is 10.00. The smallest absolute Gasteiger partial charge is 0.348 e. The molecule has 0 amide bonds. The number of halogens is 2. The monoisotopic (exact) mass is 758 g/mol. The zero-order valence-electron chi connectivity index (χ0n) is 26.7. The third kappa shape index (κ3) is 7.54. The lowest BCUT2D eigenvalue weighted by molar-refractivity contribution is 0.0479. The zero-order valence-corrected chi connectivity index (χ0v) is 31.5. The number of hydrogen-bond donors (Lipinski definition) is 0. The van der Waals surface area contributed by atoms with Gasteiger partial charge < -0.3 is 18.3 Å². The Bertz CT molecular complexity index is 1920. The molecule has 0 spiro atoms. The first kappa shape index (κ1) is 34.7. The van der Waals surface area contributed by atoms with E-state index in [1.807, 2.05) is 52.0 Å². The van der Waals surface area contributed by atoms with Crippen molar-refractivity contribution in [2.24, 2.45) is 0 Å². The summed E-state index contributed by atoms with van der Waals surface area (Å²) in [7, 11) is 0. The number of furan rings is 2. The van der Waals surface area contributed by atoms with Gasteiger partial charge in [-0.15, -0.1) is 45.3 Å². The topological polar surface area (TPSA) is 78.9 Å². The maximum atomic E-state index is 12.8. The summed E-state index contributed by atoms with van der Waals surface area (Å²) in [5.41, 5.74) is 7.73. The predicted molar refractivity (Wildman–Crippen MR) is 199 cm³/mol. The molecule has 0 aliphatic rings. The van der Waals surface area contributed by atoms with Gasteiger partial charge in [0.2, 0.25) is 0 Å². The Kier molecular flexibility index (Phi) is 11.0. The number of carbonyl (C=O) groups is 2. The Morgan fingerprint density at radius 2 is 0.854 bits per heavy atom. The predicted octanol–water partition coefficient (Wildman–Crippen LogP) is 12.9. The molecule has 0 bridgehead atoms. The number of aryl methyl sites for hydroxylation is 4. The molecule has 0 aliphatic heterocycles. The highest BCUT2D eigenvalue weighted by Gasteiger charge is 2.22. The van der Waals surface area contributed by atoms with E-state index < -0.39 is 0 Å². The molecule has 6 nitrogen and oxygen atoms in total. The molecule has 6 aromatic heterocycles. The van der Waals surface area contributed by atoms with Crippen molar-refractivity contribution in [3.63, 3.8) is 0 Å². The normalized spacial score (nSPS) is 11.4. The summed E-state index contributed by atoms with van der Waals surface area (Å²) in [5, 5.41) is 0. The maximum Gasteiger partial charge on any atom is 0.348 e. The summed E-state index contributed by atoms with van der Waals surface area (Å²) in [5.74, 6) is -0.657. The number of thiophene rings is 4. The highest BCUT2D eigenvalue weighted by molar-refractivity contribution is 7.17. The standard InChI is InChI=1S/C36H32Cl2O6S4/c1-19-23(27-15-41-17-29(27)25-13-33(37)47-21(25)3)11-31(45-19)35(39)43-9-7-5-6-8-10-44-36(40)32-12-24(20(2)46-32)28-16-42-18-30(28)26-14-34(38)48-22(26)4/h11-18H,5-10H2,1-4H3. The molecule has 0 atom stereocenters. The second-order valence-corrected chi connectivity index (χ2v) is 17.6. The van der Waals surface area contributed by atoms with Gasteiger partial charge in [0.15, 0.2) is 0 Å². The molecule has 0 N–H and O–H groups in total. The first-order valence-corrected chi connectivity index (χ1v) is 19.3. The van der Waals surface area contributed by atoms with Gasteiger partial charge in [-0.3, -0.25) is 0 Å². The van der Waals surface area contributed by atoms with Gasteiger partial charge >= 0.3 is 11.9 Å². The van der Waals surface area contributed by atoms with Crippen molar-refractivity contribution in [3.8, 4) is 44.5 Å². The minimum absolute atomic E-state index is 0.328. The molecule has 48 heavy (non-hydrogen) atoms. The van der Waals surface area contributed by atoms with Crippen LogP contribution in [0, 0.1) is 27.7 Å². The van der Waals surface area contributed by atoms with Gasteiger partial charge in [-0.2, -0.15) is 0 Å². The Balaban J connectivity index is 0.935. The van der Waals surface area contributed by atoms with Crippen LogP contribution < -0.4 is 0 Å². The molecule has 0 unspecified atom stereocenters. The van der Waals surface area contributed by atoms with Crippen LogP contribution in [0.1, 0.15) is 64.5 Å². The number of unbranched alkanes of at least 4 members (excludes halogenated alkanes) is 3. The molecular weight excluding hydrogens is 728 g/mol. The summed E-state index contributed by atoms with van der Waals surface area (Å²) in [6, 6.07) is 7.64. The van der Waals surface area contributed by atoms with Crippen molar-refractivity contribution < 1.29 is 27.9 Å². The summed E-state index contributed by atoms with van der Waals surface area (Å²) < 4.78 is 23.7. The molecule has 0 aromatic carbocycles. The van der Waals surface area contributed by atoms with Gasteiger partial charge in [0.25, 0.3) is 0 Å². The van der Waals surface area contributed by atoms with E-state index in [-0.39, 0.29) is 11.9 Å². The highest BCUT2D eigenvalue weighted by atomic mass is 35.5. The number of esters is 2. The van der Waals surface area contributed by atoms with Crippen molar-refractivity contribution in [1.29, 1.82) is 0 Å². The van der Waals surface area contributed by atoms with Crippen LogP contribution in [0.25, 0.3) is 44.5 Å². The van der Waals surface area contributed by atoms with E-state index in [1.165, 1.54) is 45.3 Å². The maximum absolute atomic E-state index is 12.8. The van der Waals surface area contributed by atoms with Crippen LogP contribution in [0.5, 0.6) is 0 Å². The van der Waals surface area contributed by atoms with Crippen LogP contribution in [-0.4, -0.2) is 25.2 Å². The number of carbonyl (C=O) groups excluding carboxylic acids is 2. The minimum atomic E-state index is -0.328. The molecule has 6 aromatic rings. The third-order valence-electron chi connectivity index (χ3n) is 8.00. The average molecular weight is 760 g/mol. The second-order valence-electron chi connectivity index (χ2n) is 11.3. The van der Waals surface area contributed by atoms with Crippen LogP contribution in [0.15, 0.2) is 58.2 Å². The second kappa shape index (κ2) is 15.2. The fraction of sp³-hybridized carbons (Fsp3) is 0.278. The largest absolute Gasteiger partial charge is 0.471 e. The lowest BCUT2D eigenvalue weighted by Crippen LogP contribution is -2.06. The molecule has 0 radical (unpaired) electrons. The number of hydrogen-bond acceptors (Lipinski definition) is 10. The molecular formula is C36H32Cl2O6S4. The van der Waals surface area contributed by atoms with E-state index in [9.17, 15) is 9.59 Å². The molecule has 250 valence electrons. The molecule has 6 rings (SSSR count). The van der Waals surface area contributed by atoms with Gasteiger partial charge in [-0.1, -0.05) is 23.2 Å². The Labute approximate surface area is 304 Å². The van der Waals surface area contributed by atoms with E-state index in [1.54, 1.807) is 25.1 Å². The van der Waals surface area contributed by atoms with Crippen molar-refractivity contribution in [2.75, 3.05) is 13.2 Å². The van der Waals surface area contributed by atoms with E-state index in [2.05, 4.69) is 0 Å². The average Bonchev–Trinajstić information content (AvgIpc) is 3.89. The van der Waals surface area contributed by atoms with Crippen molar-refractivity contribution in [3.05, 3.63) is 87.3 Å². The van der Waals surface area contributed by atoms with E-state index in [0.29, 0.717) is 23.0 Å². The van der Waals surface area contributed by atoms with Crippen molar-refractivity contribution >= 4 is 80.5 Å². The quantitative estimate of drug-likeness (QED) is 0.0862. The zero-order chi connectivity index (χ0) is 33.9. The Hall–Kier alpha value is -3.12. The van der Waals surface area contributed by atoms with Crippen molar-refractivity contribution in [1.82, 2.24) is 0 Å². The van der Waals surface area contributed by atoms with E-state index in [0.717, 1.165) is 98.4 Å². The fourth-order valence-electron chi connectivity index (χ4n) is 5.58.